The third-order valence-corrected chi connectivity index (χ3v) is 3.69. The van der Waals surface area contributed by atoms with Gasteiger partial charge in [-0.2, -0.15) is 0 Å². The molecule has 0 amide bonds. The summed E-state index contributed by atoms with van der Waals surface area (Å²) in [7, 11) is 0. The van der Waals surface area contributed by atoms with E-state index in [0.29, 0.717) is 5.92 Å². The fourth-order valence-electron chi connectivity index (χ4n) is 2.82. The second-order valence-corrected chi connectivity index (χ2v) is 4.84. The molecule has 2 aromatic carbocycles. The van der Waals surface area contributed by atoms with Crippen molar-refractivity contribution in [3.8, 4) is 0 Å². The van der Waals surface area contributed by atoms with Crippen LogP contribution in [0, 0.1) is 13.8 Å². The second kappa shape index (κ2) is 3.21. The van der Waals surface area contributed by atoms with Crippen LogP contribution in [0.5, 0.6) is 0 Å². The van der Waals surface area contributed by atoms with Crippen molar-refractivity contribution >= 4 is 16.8 Å². The average molecular weight is 208 g/mol. The van der Waals surface area contributed by atoms with Gasteiger partial charge in [0.05, 0.1) is 0 Å². The first-order valence-corrected chi connectivity index (χ1v) is 5.89. The van der Waals surface area contributed by atoms with Gasteiger partial charge in [-0.25, -0.2) is 0 Å². The highest BCUT2D eigenvalue weighted by Gasteiger charge is 2.16. The Labute approximate surface area is 96.6 Å². The van der Waals surface area contributed by atoms with Crippen molar-refractivity contribution < 1.29 is 0 Å². The summed E-state index contributed by atoms with van der Waals surface area (Å²) >= 11 is 0. The van der Waals surface area contributed by atoms with E-state index in [1.54, 1.807) is 0 Å². The number of allylic oxidation sites excluding steroid dienone is 1. The van der Waals surface area contributed by atoms with Gasteiger partial charge in [0, 0.05) is 0 Å². The van der Waals surface area contributed by atoms with E-state index >= 15 is 0 Å². The third kappa shape index (κ3) is 1.16. The summed E-state index contributed by atoms with van der Waals surface area (Å²) in [6.07, 6.45) is 4.59. The first kappa shape index (κ1) is 9.65. The lowest BCUT2D eigenvalue weighted by molar-refractivity contribution is 0.978. The van der Waals surface area contributed by atoms with E-state index in [1.165, 1.54) is 33.0 Å². The van der Waals surface area contributed by atoms with Gasteiger partial charge in [-0.1, -0.05) is 43.3 Å². The van der Waals surface area contributed by atoms with E-state index in [0.717, 1.165) is 0 Å². The molecule has 0 fully saturated rings. The second-order valence-electron chi connectivity index (χ2n) is 4.84. The van der Waals surface area contributed by atoms with Crippen LogP contribution in [-0.2, 0) is 0 Å². The van der Waals surface area contributed by atoms with Gasteiger partial charge in [0.15, 0.2) is 0 Å². The molecule has 1 aliphatic carbocycles. The zero-order valence-electron chi connectivity index (χ0n) is 10.0. The minimum atomic E-state index is 0.539. The largest absolute Gasteiger partial charge is 0.0766 e. The Bertz CT molecular complexity index is 603. The number of hydrogen-bond acceptors (Lipinski definition) is 0. The number of benzene rings is 2. The predicted molar refractivity (Wildman–Crippen MR) is 70.9 cm³/mol. The molecule has 16 heavy (non-hydrogen) atoms. The Kier molecular flexibility index (Phi) is 1.94. The Morgan fingerprint density at radius 2 is 1.88 bits per heavy atom. The highest BCUT2D eigenvalue weighted by molar-refractivity contribution is 5.98. The lowest BCUT2D eigenvalue weighted by atomic mass is 9.84. The normalized spacial score (nSPS) is 18.1. The molecule has 0 nitrogen and oxygen atoms in total. The molecule has 2 aromatic rings. The van der Waals surface area contributed by atoms with Crippen LogP contribution < -0.4 is 0 Å². The van der Waals surface area contributed by atoms with Crippen LogP contribution in [0.4, 0.5) is 0 Å². The maximum Gasteiger partial charge on any atom is -0.0000727 e. The van der Waals surface area contributed by atoms with E-state index < -0.39 is 0 Å². The summed E-state index contributed by atoms with van der Waals surface area (Å²) < 4.78 is 0. The molecular weight excluding hydrogens is 192 g/mol. The Balaban J connectivity index is 2.56. The van der Waals surface area contributed by atoms with Crippen LogP contribution in [-0.4, -0.2) is 0 Å². The SMILES string of the molecule is Cc1cc(C)c2cccc3c2c1C=CC3C. The summed E-state index contributed by atoms with van der Waals surface area (Å²) in [5.41, 5.74) is 5.66. The molecule has 1 atom stereocenters. The van der Waals surface area contributed by atoms with Gasteiger partial charge in [0.2, 0.25) is 0 Å². The lowest BCUT2D eigenvalue weighted by Gasteiger charge is -2.20. The van der Waals surface area contributed by atoms with Crippen LogP contribution in [0.1, 0.15) is 35.1 Å². The van der Waals surface area contributed by atoms with Crippen LogP contribution in [0.15, 0.2) is 30.3 Å². The van der Waals surface area contributed by atoms with E-state index in [-0.39, 0.29) is 0 Å². The van der Waals surface area contributed by atoms with Crippen molar-refractivity contribution in [3.63, 3.8) is 0 Å². The van der Waals surface area contributed by atoms with Gasteiger partial charge in [0.1, 0.15) is 0 Å². The fraction of sp³-hybridized carbons (Fsp3) is 0.250. The predicted octanol–water partition coefficient (Wildman–Crippen LogP) is 4.59. The van der Waals surface area contributed by atoms with E-state index in [2.05, 4.69) is 57.2 Å². The van der Waals surface area contributed by atoms with Gasteiger partial charge in [-0.15, -0.1) is 0 Å². The average Bonchev–Trinajstić information content (AvgIpc) is 2.27. The van der Waals surface area contributed by atoms with Crippen LogP contribution in [0.3, 0.4) is 0 Å². The summed E-state index contributed by atoms with van der Waals surface area (Å²) in [6, 6.07) is 8.98. The van der Waals surface area contributed by atoms with Crippen molar-refractivity contribution in [2.75, 3.05) is 0 Å². The molecule has 0 radical (unpaired) electrons. The van der Waals surface area contributed by atoms with Gasteiger partial charge < -0.3 is 0 Å². The Morgan fingerprint density at radius 1 is 1.06 bits per heavy atom. The van der Waals surface area contributed by atoms with Crippen molar-refractivity contribution in [2.24, 2.45) is 0 Å². The fourth-order valence-corrected chi connectivity index (χ4v) is 2.82. The molecule has 3 rings (SSSR count). The number of rotatable bonds is 0. The molecule has 1 aliphatic rings. The van der Waals surface area contributed by atoms with Gasteiger partial charge in [-0.05, 0) is 52.8 Å². The molecule has 0 aliphatic heterocycles. The highest BCUT2D eigenvalue weighted by Crippen LogP contribution is 2.37. The number of aryl methyl sites for hydroxylation is 2. The summed E-state index contributed by atoms with van der Waals surface area (Å²) in [6.45, 7) is 6.68. The van der Waals surface area contributed by atoms with Gasteiger partial charge >= 0.3 is 0 Å². The molecule has 0 N–H and O–H groups in total. The molecule has 0 saturated carbocycles. The van der Waals surface area contributed by atoms with Crippen LogP contribution in [0.2, 0.25) is 0 Å². The van der Waals surface area contributed by atoms with Crippen molar-refractivity contribution in [2.45, 2.75) is 26.7 Å². The maximum atomic E-state index is 2.31. The highest BCUT2D eigenvalue weighted by atomic mass is 14.2. The number of hydrogen-bond donors (Lipinski definition) is 0. The van der Waals surface area contributed by atoms with Crippen molar-refractivity contribution in [1.82, 2.24) is 0 Å². The molecule has 0 heteroatoms. The van der Waals surface area contributed by atoms with Crippen LogP contribution in [0.25, 0.3) is 16.8 Å². The monoisotopic (exact) mass is 208 g/mol. The minimum absolute atomic E-state index is 0.539. The van der Waals surface area contributed by atoms with Crippen molar-refractivity contribution in [3.05, 3.63) is 52.6 Å². The molecular formula is C16H16. The maximum absolute atomic E-state index is 2.31. The minimum Gasteiger partial charge on any atom is -0.0766 e. The molecule has 1 unspecified atom stereocenters. The third-order valence-electron chi connectivity index (χ3n) is 3.69. The molecule has 0 heterocycles. The van der Waals surface area contributed by atoms with E-state index in [4.69, 9.17) is 0 Å². The molecule has 0 bridgehead atoms. The summed E-state index contributed by atoms with van der Waals surface area (Å²) in [5, 5.41) is 2.88. The first-order valence-electron chi connectivity index (χ1n) is 5.89. The molecule has 0 saturated heterocycles. The molecule has 0 aromatic heterocycles. The van der Waals surface area contributed by atoms with E-state index in [1.807, 2.05) is 0 Å². The zero-order valence-corrected chi connectivity index (χ0v) is 10.0. The first-order chi connectivity index (χ1) is 7.68. The topological polar surface area (TPSA) is 0 Å². The quantitative estimate of drug-likeness (QED) is 0.594. The molecule has 80 valence electrons. The Morgan fingerprint density at radius 3 is 2.69 bits per heavy atom. The molecule has 0 spiro atoms. The van der Waals surface area contributed by atoms with Gasteiger partial charge in [0.25, 0.3) is 0 Å². The van der Waals surface area contributed by atoms with E-state index in [9.17, 15) is 0 Å². The zero-order chi connectivity index (χ0) is 11.3. The van der Waals surface area contributed by atoms with Crippen molar-refractivity contribution in [1.29, 1.82) is 0 Å². The standard InChI is InChI=1S/C16H16/c1-10-7-8-15-12(3)9-11(2)14-6-4-5-13(10)16(14)15/h4-10H,1-3H3. The van der Waals surface area contributed by atoms with Gasteiger partial charge in [-0.3, -0.25) is 0 Å². The smallest absolute Gasteiger partial charge is 0.0000727 e. The summed E-state index contributed by atoms with van der Waals surface area (Å²) in [5.74, 6) is 0.539. The Hall–Kier alpha value is -1.56. The van der Waals surface area contributed by atoms with Crippen LogP contribution >= 0.6 is 0 Å². The lowest BCUT2D eigenvalue weighted by Crippen LogP contribution is -2.00. The summed E-state index contributed by atoms with van der Waals surface area (Å²) in [4.78, 5) is 0.